The zero-order chi connectivity index (χ0) is 25.2. The predicted molar refractivity (Wildman–Crippen MR) is 107 cm³/mol. The lowest BCUT2D eigenvalue weighted by molar-refractivity contribution is -0.138. The van der Waals surface area contributed by atoms with Crippen molar-refractivity contribution in [1.29, 1.82) is 5.26 Å². The third-order valence-corrected chi connectivity index (χ3v) is 3.75. The molecule has 0 aliphatic heterocycles. The predicted octanol–water partition coefficient (Wildman–Crippen LogP) is 3.09. The number of ether oxygens (including phenoxy) is 2. The third kappa shape index (κ3) is 8.00. The maximum Gasteiger partial charge on any atom is 0.419 e. The van der Waals surface area contributed by atoms with E-state index in [2.05, 4.69) is 26.7 Å². The summed E-state index contributed by atoms with van der Waals surface area (Å²) in [6.45, 7) is 6.65. The molecule has 0 saturated heterocycles. The topological polar surface area (TPSA) is 119 Å². The third-order valence-electron chi connectivity index (χ3n) is 3.75. The second-order valence-corrected chi connectivity index (χ2v) is 5.99. The van der Waals surface area contributed by atoms with E-state index in [0.29, 0.717) is 6.07 Å². The van der Waals surface area contributed by atoms with E-state index in [4.69, 9.17) is 10.00 Å². The van der Waals surface area contributed by atoms with Crippen LogP contribution in [0.1, 0.15) is 25.1 Å². The van der Waals surface area contributed by atoms with Gasteiger partial charge < -0.3 is 14.8 Å². The molecule has 2 rings (SSSR count). The summed E-state index contributed by atoms with van der Waals surface area (Å²) in [6.07, 6.45) is -3.58. The summed E-state index contributed by atoms with van der Waals surface area (Å²) in [5.41, 5.74) is -2.69. The molecule has 0 aliphatic carbocycles. The summed E-state index contributed by atoms with van der Waals surface area (Å²) in [7, 11) is 1.11. The van der Waals surface area contributed by atoms with Crippen LogP contribution in [0.25, 0.3) is 0 Å². The van der Waals surface area contributed by atoms with Crippen molar-refractivity contribution in [2.24, 2.45) is 0 Å². The molecule has 1 atom stereocenters. The van der Waals surface area contributed by atoms with E-state index in [0.717, 1.165) is 30.4 Å². The highest BCUT2D eigenvalue weighted by Crippen LogP contribution is 2.32. The molecule has 0 radical (unpaired) electrons. The molecule has 2 aromatic rings. The molecule has 2 aromatic heterocycles. The lowest BCUT2D eigenvalue weighted by Gasteiger charge is -2.18. The summed E-state index contributed by atoms with van der Waals surface area (Å²) in [5, 5.41) is 14.6. The molecule has 1 amide bonds. The number of anilines is 1. The first-order chi connectivity index (χ1) is 15.5. The van der Waals surface area contributed by atoms with Crippen molar-refractivity contribution in [3.05, 3.63) is 53.9 Å². The average molecular weight is 471 g/mol. The van der Waals surface area contributed by atoms with Crippen molar-refractivity contribution in [2.45, 2.75) is 32.7 Å². The Balaban J connectivity index is 0.00000265. The van der Waals surface area contributed by atoms with Crippen LogP contribution in [-0.4, -0.2) is 46.5 Å². The maximum absolute atomic E-state index is 13.2. The van der Waals surface area contributed by atoms with E-state index in [9.17, 15) is 27.2 Å². The number of amides is 1. The summed E-state index contributed by atoms with van der Waals surface area (Å²) in [4.78, 5) is 27.4. The quantitative estimate of drug-likeness (QED) is 0.357. The van der Waals surface area contributed by atoms with Crippen LogP contribution >= 0.6 is 0 Å². The van der Waals surface area contributed by atoms with Crippen LogP contribution in [0.15, 0.2) is 36.8 Å². The number of carbonyl (C=O) groups is 2. The van der Waals surface area contributed by atoms with Gasteiger partial charge in [-0.15, -0.1) is 0 Å². The Morgan fingerprint density at radius 2 is 2.00 bits per heavy atom. The highest BCUT2D eigenvalue weighted by atomic mass is 19.4. The zero-order valence-electron chi connectivity index (χ0n) is 17.9. The number of halogens is 4. The van der Waals surface area contributed by atoms with Gasteiger partial charge in [0.1, 0.15) is 6.07 Å². The van der Waals surface area contributed by atoms with E-state index in [1.54, 1.807) is 0 Å². The van der Waals surface area contributed by atoms with Gasteiger partial charge in [-0.1, -0.05) is 20.4 Å². The van der Waals surface area contributed by atoms with E-state index < -0.39 is 47.8 Å². The van der Waals surface area contributed by atoms with Gasteiger partial charge in [0.25, 0.3) is 5.91 Å². The number of pyridine rings is 1. The molecule has 13 heteroatoms. The van der Waals surface area contributed by atoms with Crippen molar-refractivity contribution >= 4 is 17.6 Å². The molecule has 1 N–H and O–H groups in total. The van der Waals surface area contributed by atoms with Crippen LogP contribution in [0.3, 0.4) is 0 Å². The Morgan fingerprint density at radius 3 is 2.52 bits per heavy atom. The Bertz CT molecular complexity index is 1030. The van der Waals surface area contributed by atoms with Gasteiger partial charge in [0.2, 0.25) is 0 Å². The second-order valence-electron chi connectivity index (χ2n) is 5.99. The molecule has 178 valence electrons. The number of carbonyl (C=O) groups excluding carboxylic acids is 2. The molecule has 9 nitrogen and oxygen atoms in total. The normalized spacial score (nSPS) is 11.5. The lowest BCUT2D eigenvalue weighted by Crippen LogP contribution is -2.35. The maximum atomic E-state index is 13.2. The number of hydrogen-bond donors (Lipinski definition) is 1. The van der Waals surface area contributed by atoms with E-state index >= 15 is 0 Å². The average Bonchev–Trinajstić information content (AvgIpc) is 3.20. The number of nitriles is 1. The minimum absolute atomic E-state index is 0.133. The fraction of sp³-hybridized carbons (Fsp3) is 0.350. The first kappa shape index (κ1) is 27.2. The van der Waals surface area contributed by atoms with E-state index in [1.165, 1.54) is 6.07 Å². The molecule has 2 heterocycles. The molecule has 0 bridgehead atoms. The molecular weight excluding hydrogens is 450 g/mol. The number of rotatable bonds is 8. The van der Waals surface area contributed by atoms with Gasteiger partial charge in [-0.05, 0) is 6.07 Å². The van der Waals surface area contributed by atoms with E-state index in [1.807, 2.05) is 13.8 Å². The second kappa shape index (κ2) is 12.3. The van der Waals surface area contributed by atoms with Crippen LogP contribution in [0, 0.1) is 17.1 Å². The van der Waals surface area contributed by atoms with Gasteiger partial charge in [-0.25, -0.2) is 14.2 Å². The van der Waals surface area contributed by atoms with Crippen LogP contribution in [0.4, 0.5) is 23.2 Å². The number of nitrogens with zero attached hydrogens (tertiary/aromatic N) is 4. The number of nitrogens with one attached hydrogen (secondary N) is 1. The monoisotopic (exact) mass is 471 g/mol. The van der Waals surface area contributed by atoms with Crippen molar-refractivity contribution in [1.82, 2.24) is 14.8 Å². The smallest absolute Gasteiger partial charge is 0.419 e. The van der Waals surface area contributed by atoms with Gasteiger partial charge in [0, 0.05) is 0 Å². The standard InChI is InChI=1S/C18H15F4N5O4.C2H6/c1-10(17(29)30-2)9-31-15(8-27-7-11(19)5-25-27)16(28)26-12-3-13(18(20,21)22)14(4-23)24-6-12;1-2/h3,5-7,15H,1,8-9H2,2H3,(H,26,28);1-2H3. The largest absolute Gasteiger partial charge is 0.466 e. The lowest BCUT2D eigenvalue weighted by atomic mass is 10.2. The number of aromatic nitrogens is 3. The summed E-state index contributed by atoms with van der Waals surface area (Å²) >= 11 is 0. The fourth-order valence-corrected chi connectivity index (χ4v) is 2.28. The molecule has 33 heavy (non-hydrogen) atoms. The summed E-state index contributed by atoms with van der Waals surface area (Å²) in [6, 6.07) is 1.86. The Kier molecular flexibility index (Phi) is 10.2. The summed E-state index contributed by atoms with van der Waals surface area (Å²) in [5.74, 6) is -2.42. The molecule has 0 aromatic carbocycles. The Morgan fingerprint density at radius 1 is 1.33 bits per heavy atom. The minimum Gasteiger partial charge on any atom is -0.466 e. The van der Waals surface area contributed by atoms with Gasteiger partial charge in [-0.3, -0.25) is 9.48 Å². The minimum atomic E-state index is -4.88. The van der Waals surface area contributed by atoms with Crippen LogP contribution in [0.5, 0.6) is 0 Å². The number of esters is 1. The molecule has 0 fully saturated rings. The molecule has 1 unspecified atom stereocenters. The fourth-order valence-electron chi connectivity index (χ4n) is 2.28. The van der Waals surface area contributed by atoms with Crippen LogP contribution in [0.2, 0.25) is 0 Å². The van der Waals surface area contributed by atoms with Crippen molar-refractivity contribution in [2.75, 3.05) is 19.0 Å². The first-order valence-electron chi connectivity index (χ1n) is 9.39. The summed E-state index contributed by atoms with van der Waals surface area (Å²) < 4.78 is 63.3. The van der Waals surface area contributed by atoms with Crippen molar-refractivity contribution < 1.29 is 36.6 Å². The highest BCUT2D eigenvalue weighted by molar-refractivity contribution is 5.94. The number of methoxy groups -OCH3 is 1. The number of hydrogen-bond acceptors (Lipinski definition) is 7. The molecular formula is C20H21F4N5O4. The van der Waals surface area contributed by atoms with Gasteiger partial charge in [0.15, 0.2) is 17.6 Å². The van der Waals surface area contributed by atoms with Gasteiger partial charge in [0.05, 0.1) is 55.7 Å². The first-order valence-corrected chi connectivity index (χ1v) is 9.39. The zero-order valence-corrected chi connectivity index (χ0v) is 17.9. The van der Waals surface area contributed by atoms with E-state index in [-0.39, 0.29) is 17.8 Å². The van der Waals surface area contributed by atoms with Gasteiger partial charge >= 0.3 is 12.1 Å². The van der Waals surface area contributed by atoms with Gasteiger partial charge in [-0.2, -0.15) is 23.5 Å². The van der Waals surface area contributed by atoms with Crippen LogP contribution < -0.4 is 5.32 Å². The molecule has 0 aliphatic rings. The highest BCUT2D eigenvalue weighted by Gasteiger charge is 2.35. The molecule has 0 spiro atoms. The molecule has 0 saturated carbocycles. The van der Waals surface area contributed by atoms with Crippen molar-refractivity contribution in [3.8, 4) is 6.07 Å². The van der Waals surface area contributed by atoms with Crippen LogP contribution in [-0.2, 0) is 31.8 Å². The SMILES string of the molecule is C=C(COC(Cn1cc(F)cn1)C(=O)Nc1cnc(C#N)c(C(F)(F)F)c1)C(=O)OC.CC. The Labute approximate surface area is 186 Å². The number of alkyl halides is 3. The Hall–Kier alpha value is -3.79. The van der Waals surface area contributed by atoms with Crippen molar-refractivity contribution in [3.63, 3.8) is 0 Å².